The van der Waals surface area contributed by atoms with Crippen LogP contribution in [0.1, 0.15) is 39.5 Å². The van der Waals surface area contributed by atoms with E-state index in [0.717, 1.165) is 18.3 Å². The highest BCUT2D eigenvalue weighted by molar-refractivity contribution is 5.73. The van der Waals surface area contributed by atoms with Crippen molar-refractivity contribution in [3.63, 3.8) is 0 Å². The summed E-state index contributed by atoms with van der Waals surface area (Å²) in [4.78, 5) is 10.5. The van der Waals surface area contributed by atoms with Crippen LogP contribution in [0, 0.1) is 5.92 Å². The molecule has 0 bridgehead atoms. The third kappa shape index (κ3) is 1.92. The maximum Gasteiger partial charge on any atom is 0.145 e. The second kappa shape index (κ2) is 3.70. The lowest BCUT2D eigenvalue weighted by Gasteiger charge is -2.22. The molecule has 11 heavy (non-hydrogen) atoms. The Kier molecular flexibility index (Phi) is 2.86. The number of allylic oxidation sites excluding steroid dienone is 2. The standard InChI is InChI=1S/C10H16O/c1-8-5-3-4-6-10(8)9(2)7-11/h7-8H,3-6H2,1-2H3/b10-9+. The van der Waals surface area contributed by atoms with Gasteiger partial charge in [-0.2, -0.15) is 0 Å². The van der Waals surface area contributed by atoms with E-state index in [1.807, 2.05) is 6.92 Å². The Morgan fingerprint density at radius 3 is 2.82 bits per heavy atom. The van der Waals surface area contributed by atoms with E-state index in [-0.39, 0.29) is 0 Å². The largest absolute Gasteiger partial charge is 0.298 e. The summed E-state index contributed by atoms with van der Waals surface area (Å²) >= 11 is 0. The van der Waals surface area contributed by atoms with Gasteiger partial charge in [-0.25, -0.2) is 0 Å². The first-order valence-corrected chi connectivity index (χ1v) is 4.40. The zero-order valence-corrected chi connectivity index (χ0v) is 7.39. The number of carbonyl (C=O) groups is 1. The molecule has 1 saturated carbocycles. The van der Waals surface area contributed by atoms with Gasteiger partial charge in [0.15, 0.2) is 0 Å². The summed E-state index contributed by atoms with van der Waals surface area (Å²) in [5.74, 6) is 0.647. The lowest BCUT2D eigenvalue weighted by molar-refractivity contribution is -0.105. The van der Waals surface area contributed by atoms with Gasteiger partial charge in [-0.05, 0) is 37.7 Å². The molecule has 0 saturated heterocycles. The lowest BCUT2D eigenvalue weighted by atomic mass is 9.83. The fraction of sp³-hybridized carbons (Fsp3) is 0.700. The summed E-state index contributed by atoms with van der Waals surface area (Å²) < 4.78 is 0. The molecule has 0 aliphatic heterocycles. The number of aldehydes is 1. The second-order valence-electron chi connectivity index (χ2n) is 3.47. The molecule has 1 rings (SSSR count). The van der Waals surface area contributed by atoms with Crippen LogP contribution in [-0.2, 0) is 4.79 Å². The van der Waals surface area contributed by atoms with Crippen LogP contribution in [0.5, 0.6) is 0 Å². The Labute approximate surface area is 68.5 Å². The van der Waals surface area contributed by atoms with Crippen molar-refractivity contribution < 1.29 is 4.79 Å². The van der Waals surface area contributed by atoms with E-state index in [9.17, 15) is 4.79 Å². The summed E-state index contributed by atoms with van der Waals surface area (Å²) in [6.45, 7) is 4.16. The Bertz CT molecular complexity index is 179. The Morgan fingerprint density at radius 1 is 1.55 bits per heavy atom. The van der Waals surface area contributed by atoms with Gasteiger partial charge in [0.05, 0.1) is 0 Å². The first-order chi connectivity index (χ1) is 5.25. The monoisotopic (exact) mass is 152 g/mol. The normalized spacial score (nSPS) is 29.8. The van der Waals surface area contributed by atoms with E-state index in [0.29, 0.717) is 5.92 Å². The molecular weight excluding hydrogens is 136 g/mol. The maximum absolute atomic E-state index is 10.5. The van der Waals surface area contributed by atoms with Gasteiger partial charge in [0, 0.05) is 0 Å². The summed E-state index contributed by atoms with van der Waals surface area (Å²) in [6, 6.07) is 0. The molecule has 1 aliphatic carbocycles. The summed E-state index contributed by atoms with van der Waals surface area (Å²) in [7, 11) is 0. The maximum atomic E-state index is 10.5. The molecule has 0 heterocycles. The number of hydrogen-bond acceptors (Lipinski definition) is 1. The lowest BCUT2D eigenvalue weighted by Crippen LogP contribution is -2.08. The van der Waals surface area contributed by atoms with Crippen molar-refractivity contribution in [3.05, 3.63) is 11.1 Å². The van der Waals surface area contributed by atoms with Crippen LogP contribution in [0.4, 0.5) is 0 Å². The fourth-order valence-electron chi connectivity index (χ4n) is 1.85. The molecule has 0 aromatic heterocycles. The predicted octanol–water partition coefficient (Wildman–Crippen LogP) is 2.71. The third-order valence-corrected chi connectivity index (χ3v) is 2.61. The van der Waals surface area contributed by atoms with Gasteiger partial charge in [-0.15, -0.1) is 0 Å². The van der Waals surface area contributed by atoms with Gasteiger partial charge in [-0.3, -0.25) is 4.79 Å². The van der Waals surface area contributed by atoms with Crippen LogP contribution >= 0.6 is 0 Å². The van der Waals surface area contributed by atoms with Crippen LogP contribution in [0.3, 0.4) is 0 Å². The Hall–Kier alpha value is -0.590. The molecule has 1 fully saturated rings. The van der Waals surface area contributed by atoms with Crippen molar-refractivity contribution in [2.24, 2.45) is 5.92 Å². The molecule has 1 heteroatoms. The van der Waals surface area contributed by atoms with Gasteiger partial charge >= 0.3 is 0 Å². The van der Waals surface area contributed by atoms with Crippen molar-refractivity contribution in [1.82, 2.24) is 0 Å². The summed E-state index contributed by atoms with van der Waals surface area (Å²) in [5, 5.41) is 0. The zero-order valence-electron chi connectivity index (χ0n) is 7.39. The molecule has 0 spiro atoms. The third-order valence-electron chi connectivity index (χ3n) is 2.61. The molecule has 0 aromatic carbocycles. The first kappa shape index (κ1) is 8.51. The highest BCUT2D eigenvalue weighted by Gasteiger charge is 2.15. The molecule has 0 N–H and O–H groups in total. The molecule has 0 radical (unpaired) electrons. The molecule has 62 valence electrons. The molecule has 1 atom stereocenters. The van der Waals surface area contributed by atoms with Gasteiger partial charge in [-0.1, -0.05) is 18.9 Å². The molecular formula is C10H16O. The summed E-state index contributed by atoms with van der Waals surface area (Å²) in [5.41, 5.74) is 2.36. The topological polar surface area (TPSA) is 17.1 Å². The van der Waals surface area contributed by atoms with Gasteiger partial charge in [0.25, 0.3) is 0 Å². The van der Waals surface area contributed by atoms with Crippen molar-refractivity contribution >= 4 is 6.29 Å². The summed E-state index contributed by atoms with van der Waals surface area (Å²) in [6.07, 6.45) is 6.01. The van der Waals surface area contributed by atoms with E-state index in [2.05, 4.69) is 6.92 Å². The minimum absolute atomic E-state index is 0.647. The zero-order chi connectivity index (χ0) is 8.27. The Morgan fingerprint density at radius 2 is 2.27 bits per heavy atom. The van der Waals surface area contributed by atoms with Crippen molar-refractivity contribution in [2.45, 2.75) is 39.5 Å². The van der Waals surface area contributed by atoms with Crippen LogP contribution in [0.15, 0.2) is 11.1 Å². The van der Waals surface area contributed by atoms with Crippen LogP contribution < -0.4 is 0 Å². The van der Waals surface area contributed by atoms with Gasteiger partial charge in [0.1, 0.15) is 6.29 Å². The van der Waals surface area contributed by atoms with E-state index in [1.54, 1.807) is 0 Å². The molecule has 0 amide bonds. The number of hydrogen-bond donors (Lipinski definition) is 0. The smallest absolute Gasteiger partial charge is 0.145 e. The fourth-order valence-corrected chi connectivity index (χ4v) is 1.85. The van der Waals surface area contributed by atoms with Crippen LogP contribution in [-0.4, -0.2) is 6.29 Å². The first-order valence-electron chi connectivity index (χ1n) is 4.40. The molecule has 1 aliphatic rings. The van der Waals surface area contributed by atoms with E-state index >= 15 is 0 Å². The highest BCUT2D eigenvalue weighted by atomic mass is 16.1. The van der Waals surface area contributed by atoms with Crippen LogP contribution in [0.25, 0.3) is 0 Å². The number of rotatable bonds is 1. The Balaban J connectivity index is 2.75. The van der Waals surface area contributed by atoms with Crippen LogP contribution in [0.2, 0.25) is 0 Å². The molecule has 1 unspecified atom stereocenters. The molecule has 1 nitrogen and oxygen atoms in total. The van der Waals surface area contributed by atoms with E-state index in [1.165, 1.54) is 24.8 Å². The van der Waals surface area contributed by atoms with Gasteiger partial charge < -0.3 is 0 Å². The highest BCUT2D eigenvalue weighted by Crippen LogP contribution is 2.30. The quantitative estimate of drug-likeness (QED) is 0.417. The number of carbonyl (C=O) groups excluding carboxylic acids is 1. The van der Waals surface area contributed by atoms with E-state index < -0.39 is 0 Å². The van der Waals surface area contributed by atoms with Crippen molar-refractivity contribution in [3.8, 4) is 0 Å². The van der Waals surface area contributed by atoms with Crippen molar-refractivity contribution in [1.29, 1.82) is 0 Å². The average Bonchev–Trinajstić information content (AvgIpc) is 2.04. The minimum atomic E-state index is 0.647. The van der Waals surface area contributed by atoms with Crippen molar-refractivity contribution in [2.75, 3.05) is 0 Å². The van der Waals surface area contributed by atoms with Gasteiger partial charge in [0.2, 0.25) is 0 Å². The minimum Gasteiger partial charge on any atom is -0.298 e. The average molecular weight is 152 g/mol. The SMILES string of the molecule is C/C(C=O)=C1/CCCCC1C. The predicted molar refractivity (Wildman–Crippen MR) is 46.4 cm³/mol. The van der Waals surface area contributed by atoms with E-state index in [4.69, 9.17) is 0 Å². The second-order valence-corrected chi connectivity index (χ2v) is 3.47. The molecule has 0 aromatic rings.